The summed E-state index contributed by atoms with van der Waals surface area (Å²) in [5.74, 6) is 0.480. The van der Waals surface area contributed by atoms with Crippen LogP contribution < -0.4 is 0 Å². The fourth-order valence-electron chi connectivity index (χ4n) is 4.17. The number of likely N-dealkylation sites (tertiary alicyclic amines) is 1. The Bertz CT molecular complexity index is 943. The van der Waals surface area contributed by atoms with Crippen LogP contribution in [0, 0.1) is 10.6 Å². The Balaban J connectivity index is 1.34. The molecule has 0 radical (unpaired) electrons. The van der Waals surface area contributed by atoms with Gasteiger partial charge in [-0.1, -0.05) is 12.1 Å². The van der Waals surface area contributed by atoms with E-state index < -0.39 is 0 Å². The van der Waals surface area contributed by atoms with Gasteiger partial charge in [-0.2, -0.15) is 5.10 Å². The fourth-order valence-corrected chi connectivity index (χ4v) is 4.36. The largest absolute Gasteiger partial charge is 0.342 e. The van der Waals surface area contributed by atoms with Crippen LogP contribution in [0.3, 0.4) is 0 Å². The highest BCUT2D eigenvalue weighted by Gasteiger charge is 2.23. The van der Waals surface area contributed by atoms with Crippen molar-refractivity contribution in [1.29, 1.82) is 0 Å². The van der Waals surface area contributed by atoms with E-state index in [1.807, 2.05) is 11.9 Å². The van der Waals surface area contributed by atoms with Crippen molar-refractivity contribution < 1.29 is 9.18 Å². The lowest BCUT2D eigenvalue weighted by Crippen LogP contribution is -2.50. The predicted octanol–water partition coefficient (Wildman–Crippen LogP) is 2.34. The molecule has 162 valence electrons. The van der Waals surface area contributed by atoms with Gasteiger partial charge in [0.15, 0.2) is 10.6 Å². The summed E-state index contributed by atoms with van der Waals surface area (Å²) in [5, 5.41) is 4.58. The summed E-state index contributed by atoms with van der Waals surface area (Å²) in [4.78, 5) is 19.0. The molecule has 2 aliphatic heterocycles. The number of nitrogens with zero attached hydrogens (tertiary/aromatic N) is 6. The molecule has 0 spiro atoms. The third-order valence-corrected chi connectivity index (χ3v) is 6.51. The number of hydrogen-bond acceptors (Lipinski definition) is 5. The molecule has 9 heteroatoms. The molecule has 1 amide bonds. The quantitative estimate of drug-likeness (QED) is 0.679. The molecular formula is C21H29FN6OS. The van der Waals surface area contributed by atoms with E-state index in [1.165, 1.54) is 12.5 Å². The summed E-state index contributed by atoms with van der Waals surface area (Å²) >= 11 is 5.53. The second kappa shape index (κ2) is 9.36. The van der Waals surface area contributed by atoms with Gasteiger partial charge in [-0.25, -0.2) is 9.07 Å². The predicted molar refractivity (Wildman–Crippen MR) is 116 cm³/mol. The number of rotatable bonds is 5. The van der Waals surface area contributed by atoms with Crippen LogP contribution in [-0.4, -0.2) is 80.8 Å². The topological polar surface area (TPSA) is 49.5 Å². The number of halogens is 1. The Kier molecular flexibility index (Phi) is 6.60. The minimum absolute atomic E-state index is 0.254. The average Bonchev–Trinajstić information content (AvgIpc) is 3.04. The van der Waals surface area contributed by atoms with Gasteiger partial charge in [0.2, 0.25) is 5.91 Å². The molecule has 0 unspecified atom stereocenters. The Morgan fingerprint density at radius 3 is 2.40 bits per heavy atom. The maximum atomic E-state index is 14.2. The number of piperidine rings is 1. The second-order valence-corrected chi connectivity index (χ2v) is 8.49. The Morgan fingerprint density at radius 1 is 1.03 bits per heavy atom. The summed E-state index contributed by atoms with van der Waals surface area (Å²) in [6.07, 6.45) is 3.48. The smallest absolute Gasteiger partial charge is 0.236 e. The molecule has 0 N–H and O–H groups in total. The first-order valence-corrected chi connectivity index (χ1v) is 11.0. The SMILES string of the molecule is Cn1c(-c2ccccc2F)nn(CN2CCN(CC(=O)N3CCCCC3)CC2)c1=S. The summed E-state index contributed by atoms with van der Waals surface area (Å²) in [5.41, 5.74) is 0.450. The number of carbonyl (C=O) groups excluding carboxylic acids is 1. The molecule has 30 heavy (non-hydrogen) atoms. The number of carbonyl (C=O) groups is 1. The molecule has 2 aliphatic rings. The monoisotopic (exact) mass is 432 g/mol. The number of piperazine rings is 1. The van der Waals surface area contributed by atoms with Crippen molar-refractivity contribution in [2.45, 2.75) is 25.9 Å². The van der Waals surface area contributed by atoms with Gasteiger partial charge >= 0.3 is 0 Å². The molecule has 1 aromatic carbocycles. The van der Waals surface area contributed by atoms with Crippen LogP contribution in [0.1, 0.15) is 19.3 Å². The average molecular weight is 433 g/mol. The van der Waals surface area contributed by atoms with E-state index in [0.717, 1.165) is 52.1 Å². The molecule has 2 aromatic rings. The Morgan fingerprint density at radius 2 is 1.70 bits per heavy atom. The number of benzene rings is 1. The molecule has 7 nitrogen and oxygen atoms in total. The van der Waals surface area contributed by atoms with Crippen LogP contribution >= 0.6 is 12.2 Å². The highest BCUT2D eigenvalue weighted by molar-refractivity contribution is 7.71. The summed E-state index contributed by atoms with van der Waals surface area (Å²) in [7, 11) is 1.82. The van der Waals surface area contributed by atoms with Crippen molar-refractivity contribution >= 4 is 18.1 Å². The molecular weight excluding hydrogens is 403 g/mol. The Hall–Kier alpha value is -2.10. The van der Waals surface area contributed by atoms with E-state index >= 15 is 0 Å². The van der Waals surface area contributed by atoms with Crippen molar-refractivity contribution in [3.05, 3.63) is 34.9 Å². The van der Waals surface area contributed by atoms with Crippen LogP contribution in [0.2, 0.25) is 0 Å². The first-order valence-electron chi connectivity index (χ1n) is 10.6. The lowest BCUT2D eigenvalue weighted by molar-refractivity contribution is -0.133. The number of amides is 1. The zero-order valence-corrected chi connectivity index (χ0v) is 18.3. The van der Waals surface area contributed by atoms with Gasteiger partial charge < -0.3 is 9.47 Å². The van der Waals surface area contributed by atoms with Gasteiger partial charge in [0.1, 0.15) is 5.82 Å². The normalized spacial score (nSPS) is 18.7. The van der Waals surface area contributed by atoms with Gasteiger partial charge in [0.05, 0.1) is 18.8 Å². The molecule has 0 atom stereocenters. The van der Waals surface area contributed by atoms with E-state index in [0.29, 0.717) is 29.4 Å². The highest BCUT2D eigenvalue weighted by Crippen LogP contribution is 2.21. The lowest BCUT2D eigenvalue weighted by atomic mass is 10.1. The first-order chi connectivity index (χ1) is 14.5. The molecule has 2 saturated heterocycles. The van der Waals surface area contributed by atoms with E-state index in [1.54, 1.807) is 27.4 Å². The van der Waals surface area contributed by atoms with E-state index in [-0.39, 0.29) is 11.7 Å². The fraction of sp³-hybridized carbons (Fsp3) is 0.571. The van der Waals surface area contributed by atoms with Gasteiger partial charge in [0.25, 0.3) is 0 Å². The van der Waals surface area contributed by atoms with Crippen LogP contribution in [-0.2, 0) is 18.5 Å². The summed E-state index contributed by atoms with van der Waals surface area (Å²) < 4.78 is 18.3. The van der Waals surface area contributed by atoms with Crippen molar-refractivity contribution in [3.63, 3.8) is 0 Å². The number of hydrogen-bond donors (Lipinski definition) is 0. The molecule has 2 fully saturated rings. The van der Waals surface area contributed by atoms with Crippen LogP contribution in [0.4, 0.5) is 4.39 Å². The van der Waals surface area contributed by atoms with E-state index in [9.17, 15) is 9.18 Å². The zero-order chi connectivity index (χ0) is 21.1. The minimum Gasteiger partial charge on any atom is -0.342 e. The highest BCUT2D eigenvalue weighted by atomic mass is 32.1. The summed E-state index contributed by atoms with van der Waals surface area (Å²) in [6.45, 7) is 6.27. The lowest BCUT2D eigenvalue weighted by Gasteiger charge is -2.35. The molecule has 0 aliphatic carbocycles. The second-order valence-electron chi connectivity index (χ2n) is 8.12. The molecule has 0 saturated carbocycles. The van der Waals surface area contributed by atoms with Crippen LogP contribution in [0.5, 0.6) is 0 Å². The van der Waals surface area contributed by atoms with Crippen molar-refractivity contribution in [1.82, 2.24) is 29.0 Å². The minimum atomic E-state index is -0.306. The van der Waals surface area contributed by atoms with Crippen molar-refractivity contribution in [2.75, 3.05) is 45.8 Å². The maximum Gasteiger partial charge on any atom is 0.236 e. The number of aromatic nitrogens is 3. The standard InChI is InChI=1S/C21H29FN6OS/c1-24-20(17-7-3-4-8-18(17)22)23-28(21(24)30)16-26-13-11-25(12-14-26)15-19(29)27-9-5-2-6-10-27/h3-4,7-8H,2,5-6,9-16H2,1H3. The van der Waals surface area contributed by atoms with Crippen molar-refractivity contribution in [2.24, 2.45) is 7.05 Å². The van der Waals surface area contributed by atoms with Gasteiger partial charge in [-0.15, -0.1) is 0 Å². The Labute approximate surface area is 181 Å². The van der Waals surface area contributed by atoms with E-state index in [4.69, 9.17) is 12.2 Å². The third-order valence-electron chi connectivity index (χ3n) is 6.02. The van der Waals surface area contributed by atoms with Crippen LogP contribution in [0.15, 0.2) is 24.3 Å². The van der Waals surface area contributed by atoms with Crippen LogP contribution in [0.25, 0.3) is 11.4 Å². The first kappa shape index (κ1) is 21.1. The summed E-state index contributed by atoms with van der Waals surface area (Å²) in [6, 6.07) is 6.61. The molecule has 1 aromatic heterocycles. The third kappa shape index (κ3) is 4.63. The van der Waals surface area contributed by atoms with Gasteiger partial charge in [-0.3, -0.25) is 14.6 Å². The van der Waals surface area contributed by atoms with Gasteiger partial charge in [-0.05, 0) is 43.6 Å². The van der Waals surface area contributed by atoms with Gasteiger partial charge in [0, 0.05) is 46.3 Å². The maximum absolute atomic E-state index is 14.2. The molecule has 3 heterocycles. The van der Waals surface area contributed by atoms with Crippen molar-refractivity contribution in [3.8, 4) is 11.4 Å². The zero-order valence-electron chi connectivity index (χ0n) is 17.5. The molecule has 4 rings (SSSR count). The van der Waals surface area contributed by atoms with E-state index in [2.05, 4.69) is 14.9 Å². The molecule has 0 bridgehead atoms.